The molecule has 8 nitrogen and oxygen atoms in total. The zero-order chi connectivity index (χ0) is 18.8. The summed E-state index contributed by atoms with van der Waals surface area (Å²) in [5.74, 6) is 0.111. The Morgan fingerprint density at radius 3 is 2.50 bits per heavy atom. The minimum Gasteiger partial charge on any atom is -0.349 e. The van der Waals surface area contributed by atoms with Gasteiger partial charge in [-0.1, -0.05) is 0 Å². The second-order valence-corrected chi connectivity index (χ2v) is 7.05. The van der Waals surface area contributed by atoms with E-state index in [1.54, 1.807) is 37.2 Å². The van der Waals surface area contributed by atoms with E-state index in [1.165, 1.54) is 0 Å². The van der Waals surface area contributed by atoms with Crippen LogP contribution in [-0.2, 0) is 9.59 Å². The van der Waals surface area contributed by atoms with Crippen molar-refractivity contribution in [2.24, 2.45) is 5.92 Å². The minimum atomic E-state index is -0.286. The number of carbonyl (C=O) groups is 2. The van der Waals surface area contributed by atoms with E-state index in [1.807, 2.05) is 6.92 Å². The molecule has 0 aliphatic carbocycles. The molecule has 0 unspecified atom stereocenters. The summed E-state index contributed by atoms with van der Waals surface area (Å²) in [6.45, 7) is 3.33. The van der Waals surface area contributed by atoms with Gasteiger partial charge in [0.05, 0.1) is 17.1 Å². The number of H-pyrrole nitrogens is 2. The lowest BCUT2D eigenvalue weighted by Gasteiger charge is -2.35. The number of benzene rings is 1. The van der Waals surface area contributed by atoms with Crippen molar-refractivity contribution in [1.82, 2.24) is 19.8 Å². The third kappa shape index (κ3) is 3.80. The number of imidazole rings is 1. The van der Waals surface area contributed by atoms with E-state index in [9.17, 15) is 14.4 Å². The number of aromatic nitrogens is 2. The average Bonchev–Trinajstić information content (AvgIpc) is 2.99. The van der Waals surface area contributed by atoms with Crippen LogP contribution in [0.3, 0.4) is 0 Å². The molecule has 2 heterocycles. The zero-order valence-corrected chi connectivity index (χ0v) is 15.3. The fraction of sp³-hybridized carbons (Fsp3) is 0.500. The largest absolute Gasteiger partial charge is 0.349 e. The highest BCUT2D eigenvalue weighted by Gasteiger charge is 2.30. The van der Waals surface area contributed by atoms with Crippen LogP contribution in [0.2, 0.25) is 0 Å². The number of hydrogen-bond donors (Lipinski definition) is 3. The van der Waals surface area contributed by atoms with Gasteiger partial charge < -0.3 is 20.2 Å². The smallest absolute Gasteiger partial charge is 0.323 e. The molecule has 0 spiro atoms. The number of nitrogens with one attached hydrogen (secondary N) is 3. The Balaban J connectivity index is 1.59. The average molecular weight is 359 g/mol. The van der Waals surface area contributed by atoms with Crippen LogP contribution in [0.5, 0.6) is 0 Å². The first-order valence-corrected chi connectivity index (χ1v) is 8.83. The van der Waals surface area contributed by atoms with Crippen molar-refractivity contribution in [3.8, 4) is 0 Å². The Kier molecular flexibility index (Phi) is 5.13. The summed E-state index contributed by atoms with van der Waals surface area (Å²) in [4.78, 5) is 45.0. The molecule has 26 heavy (non-hydrogen) atoms. The van der Waals surface area contributed by atoms with E-state index >= 15 is 0 Å². The van der Waals surface area contributed by atoms with Gasteiger partial charge >= 0.3 is 5.69 Å². The molecule has 1 atom stereocenters. The Bertz CT molecular complexity index is 861. The molecule has 8 heteroatoms. The van der Waals surface area contributed by atoms with Crippen molar-refractivity contribution in [1.29, 1.82) is 0 Å². The number of aromatic amines is 2. The third-order valence-corrected chi connectivity index (χ3v) is 5.03. The van der Waals surface area contributed by atoms with Crippen molar-refractivity contribution in [3.05, 3.63) is 28.7 Å². The first kappa shape index (κ1) is 18.2. The molecule has 0 radical (unpaired) electrons. The summed E-state index contributed by atoms with van der Waals surface area (Å²) in [5, 5.41) is 2.90. The number of nitrogens with zero attached hydrogens (tertiary/aromatic N) is 2. The van der Waals surface area contributed by atoms with Gasteiger partial charge in [-0.25, -0.2) is 4.79 Å². The third-order valence-electron chi connectivity index (χ3n) is 5.03. The number of fused-ring (bicyclic) bond motifs is 1. The fourth-order valence-electron chi connectivity index (χ4n) is 3.42. The van der Waals surface area contributed by atoms with Gasteiger partial charge in [-0.15, -0.1) is 0 Å². The van der Waals surface area contributed by atoms with Crippen LogP contribution >= 0.6 is 0 Å². The maximum atomic E-state index is 12.6. The Labute approximate surface area is 151 Å². The monoisotopic (exact) mass is 359 g/mol. The molecule has 2 amide bonds. The lowest BCUT2D eigenvalue weighted by Crippen LogP contribution is -2.48. The van der Waals surface area contributed by atoms with Crippen molar-refractivity contribution < 1.29 is 9.59 Å². The number of hydrogen-bond acceptors (Lipinski definition) is 4. The molecular weight excluding hydrogens is 334 g/mol. The van der Waals surface area contributed by atoms with Crippen LogP contribution in [0.1, 0.15) is 19.8 Å². The number of anilines is 1. The lowest BCUT2D eigenvalue weighted by atomic mass is 9.94. The summed E-state index contributed by atoms with van der Waals surface area (Å²) >= 11 is 0. The summed E-state index contributed by atoms with van der Waals surface area (Å²) in [6.07, 6.45) is 1.54. The van der Waals surface area contributed by atoms with Gasteiger partial charge in [-0.05, 0) is 51.1 Å². The van der Waals surface area contributed by atoms with Crippen molar-refractivity contribution in [3.63, 3.8) is 0 Å². The van der Waals surface area contributed by atoms with E-state index in [0.717, 1.165) is 25.9 Å². The molecule has 1 fully saturated rings. The van der Waals surface area contributed by atoms with Crippen molar-refractivity contribution >= 4 is 28.5 Å². The normalized spacial score (nSPS) is 17.2. The summed E-state index contributed by atoms with van der Waals surface area (Å²) < 4.78 is 0. The van der Waals surface area contributed by atoms with Gasteiger partial charge in [0, 0.05) is 25.7 Å². The van der Waals surface area contributed by atoms with Gasteiger partial charge in [0.25, 0.3) is 0 Å². The molecule has 140 valence electrons. The number of carbonyl (C=O) groups excluding carboxylic acids is 2. The summed E-state index contributed by atoms with van der Waals surface area (Å²) in [7, 11) is 3.55. The van der Waals surface area contributed by atoms with Crippen LogP contribution in [0, 0.1) is 5.92 Å². The molecule has 3 rings (SSSR count). The Morgan fingerprint density at radius 2 is 1.85 bits per heavy atom. The highest BCUT2D eigenvalue weighted by Crippen LogP contribution is 2.21. The Hall–Kier alpha value is -2.61. The number of amides is 2. The minimum absolute atomic E-state index is 0.0457. The zero-order valence-electron chi connectivity index (χ0n) is 15.3. The Morgan fingerprint density at radius 1 is 1.19 bits per heavy atom. The van der Waals surface area contributed by atoms with Gasteiger partial charge in [-0.2, -0.15) is 0 Å². The van der Waals surface area contributed by atoms with Crippen LogP contribution in [0.15, 0.2) is 23.0 Å². The number of likely N-dealkylation sites (tertiary alicyclic amines) is 1. The highest BCUT2D eigenvalue weighted by atomic mass is 16.2. The summed E-state index contributed by atoms with van der Waals surface area (Å²) in [5.41, 5.74) is 1.73. The standard InChI is InChI=1S/C18H25N5O3/c1-11(23-8-6-12(7-9-23)17(25)22(2)3)16(24)19-13-4-5-14-15(10-13)21-18(26)20-14/h4-5,10-12H,6-9H2,1-3H3,(H,19,24)(H2,20,21,26)/t11-/m0/s1. The van der Waals surface area contributed by atoms with Crippen LogP contribution < -0.4 is 11.0 Å². The number of piperidine rings is 1. The molecule has 1 aliphatic rings. The van der Waals surface area contributed by atoms with Crippen molar-refractivity contribution in [2.45, 2.75) is 25.8 Å². The maximum absolute atomic E-state index is 12.6. The van der Waals surface area contributed by atoms with E-state index in [2.05, 4.69) is 20.2 Å². The van der Waals surface area contributed by atoms with Crippen LogP contribution in [-0.4, -0.2) is 64.8 Å². The molecule has 3 N–H and O–H groups in total. The first-order valence-electron chi connectivity index (χ1n) is 8.83. The second-order valence-electron chi connectivity index (χ2n) is 7.05. The molecule has 1 aromatic heterocycles. The molecule has 1 aliphatic heterocycles. The predicted octanol–water partition coefficient (Wildman–Crippen LogP) is 0.983. The predicted molar refractivity (Wildman–Crippen MR) is 100 cm³/mol. The quantitative estimate of drug-likeness (QED) is 0.757. The molecule has 0 bridgehead atoms. The molecule has 0 saturated carbocycles. The highest BCUT2D eigenvalue weighted by molar-refractivity contribution is 5.96. The van der Waals surface area contributed by atoms with Crippen LogP contribution in [0.25, 0.3) is 11.0 Å². The van der Waals surface area contributed by atoms with E-state index in [0.29, 0.717) is 16.7 Å². The molecular formula is C18H25N5O3. The summed E-state index contributed by atoms with van der Waals surface area (Å²) in [6, 6.07) is 4.97. The second kappa shape index (κ2) is 7.33. The lowest BCUT2D eigenvalue weighted by molar-refractivity contribution is -0.134. The van der Waals surface area contributed by atoms with Gasteiger partial charge in [0.15, 0.2) is 0 Å². The first-order chi connectivity index (χ1) is 12.3. The SMILES string of the molecule is C[C@@H](C(=O)Nc1ccc2[nH]c(=O)[nH]c2c1)N1CCC(C(=O)N(C)C)CC1. The van der Waals surface area contributed by atoms with Crippen molar-refractivity contribution in [2.75, 3.05) is 32.5 Å². The molecule has 1 aromatic carbocycles. The molecule has 1 saturated heterocycles. The van der Waals surface area contributed by atoms with Gasteiger partial charge in [0.2, 0.25) is 11.8 Å². The topological polar surface area (TPSA) is 101 Å². The van der Waals surface area contributed by atoms with E-state index in [-0.39, 0.29) is 29.5 Å². The molecule has 2 aromatic rings. The maximum Gasteiger partial charge on any atom is 0.323 e. The fourth-order valence-corrected chi connectivity index (χ4v) is 3.42. The van der Waals surface area contributed by atoms with Gasteiger partial charge in [0.1, 0.15) is 0 Å². The van der Waals surface area contributed by atoms with E-state index in [4.69, 9.17) is 0 Å². The number of rotatable bonds is 4. The van der Waals surface area contributed by atoms with E-state index < -0.39 is 0 Å². The van der Waals surface area contributed by atoms with Gasteiger partial charge in [-0.3, -0.25) is 14.5 Å². The van der Waals surface area contributed by atoms with Crippen LogP contribution in [0.4, 0.5) is 5.69 Å².